The lowest BCUT2D eigenvalue weighted by Gasteiger charge is -2.15. The Labute approximate surface area is 174 Å². The van der Waals surface area contributed by atoms with Gasteiger partial charge in [0.15, 0.2) is 0 Å². The van der Waals surface area contributed by atoms with Crippen molar-refractivity contribution < 1.29 is 19.1 Å². The molecule has 2 aliphatic heterocycles. The number of carbonyl (C=O) groups is 2. The van der Waals surface area contributed by atoms with Gasteiger partial charge in [-0.15, -0.1) is 5.11 Å². The fourth-order valence-electron chi connectivity index (χ4n) is 3.41. The molecule has 2 aromatic carbocycles. The van der Waals surface area contributed by atoms with Gasteiger partial charge in [-0.3, -0.25) is 9.59 Å². The number of amides is 2. The molecule has 8 nitrogen and oxygen atoms in total. The van der Waals surface area contributed by atoms with Gasteiger partial charge in [-0.25, -0.2) is 0 Å². The van der Waals surface area contributed by atoms with Crippen molar-refractivity contribution in [3.8, 4) is 0 Å². The highest BCUT2D eigenvalue weighted by atomic mass is 16.5. The largest absolute Gasteiger partial charge is 0.368 e. The first kappa shape index (κ1) is 20.2. The minimum Gasteiger partial charge on any atom is -0.368 e. The molecule has 0 unspecified atom stereocenters. The molecule has 30 heavy (non-hydrogen) atoms. The van der Waals surface area contributed by atoms with Crippen molar-refractivity contribution >= 4 is 34.6 Å². The zero-order valence-corrected chi connectivity index (χ0v) is 16.5. The standard InChI is InChI=1S/C22H24N4O4/c27-21(19-8-4-12-29-19)23-16-10-11-17(26-25-15-6-2-1-3-7-15)18(14-16)24-22(28)20-9-5-13-30-20/h1-3,6-7,10-11,14,19-20H,4-5,8-9,12-13H2,(H,23,27)(H,24,28)/t19-,20+/m1/s1. The minimum absolute atomic E-state index is 0.192. The van der Waals surface area contributed by atoms with E-state index in [2.05, 4.69) is 20.9 Å². The molecular weight excluding hydrogens is 384 g/mol. The van der Waals surface area contributed by atoms with Gasteiger partial charge >= 0.3 is 0 Å². The summed E-state index contributed by atoms with van der Waals surface area (Å²) in [6, 6.07) is 14.4. The number of nitrogens with zero attached hydrogens (tertiary/aromatic N) is 2. The van der Waals surface area contributed by atoms with Crippen LogP contribution in [-0.2, 0) is 19.1 Å². The molecular formula is C22H24N4O4. The quantitative estimate of drug-likeness (QED) is 0.694. The zero-order chi connectivity index (χ0) is 20.8. The molecule has 0 bridgehead atoms. The van der Waals surface area contributed by atoms with Gasteiger partial charge in [0, 0.05) is 18.9 Å². The summed E-state index contributed by atoms with van der Waals surface area (Å²) >= 11 is 0. The highest BCUT2D eigenvalue weighted by molar-refractivity contribution is 5.99. The Morgan fingerprint density at radius 1 is 0.833 bits per heavy atom. The molecule has 2 amide bonds. The molecule has 2 atom stereocenters. The summed E-state index contributed by atoms with van der Waals surface area (Å²) in [5, 5.41) is 14.2. The van der Waals surface area contributed by atoms with Crippen molar-refractivity contribution in [2.75, 3.05) is 23.8 Å². The molecule has 2 saturated heterocycles. The predicted molar refractivity (Wildman–Crippen MR) is 112 cm³/mol. The highest BCUT2D eigenvalue weighted by Crippen LogP contribution is 2.31. The van der Waals surface area contributed by atoms with Crippen LogP contribution in [0.3, 0.4) is 0 Å². The van der Waals surface area contributed by atoms with Crippen molar-refractivity contribution in [3.63, 3.8) is 0 Å². The summed E-state index contributed by atoms with van der Waals surface area (Å²) < 4.78 is 10.9. The number of benzene rings is 2. The number of anilines is 2. The van der Waals surface area contributed by atoms with E-state index in [-0.39, 0.29) is 11.8 Å². The number of rotatable bonds is 6. The molecule has 2 fully saturated rings. The van der Waals surface area contributed by atoms with Crippen LogP contribution in [-0.4, -0.2) is 37.2 Å². The number of ether oxygens (including phenoxy) is 2. The number of carbonyl (C=O) groups excluding carboxylic acids is 2. The second-order valence-electron chi connectivity index (χ2n) is 7.25. The maximum Gasteiger partial charge on any atom is 0.253 e. The molecule has 8 heteroatoms. The third kappa shape index (κ3) is 5.08. The Bertz CT molecular complexity index is 920. The molecule has 156 valence electrons. The van der Waals surface area contributed by atoms with Gasteiger partial charge < -0.3 is 20.1 Å². The van der Waals surface area contributed by atoms with Crippen molar-refractivity contribution in [3.05, 3.63) is 48.5 Å². The Morgan fingerprint density at radius 2 is 1.50 bits per heavy atom. The van der Waals surface area contributed by atoms with Crippen molar-refractivity contribution in [1.82, 2.24) is 0 Å². The fourth-order valence-corrected chi connectivity index (χ4v) is 3.41. The van der Waals surface area contributed by atoms with Gasteiger partial charge in [-0.2, -0.15) is 5.11 Å². The number of azo groups is 1. The molecule has 2 aromatic rings. The van der Waals surface area contributed by atoms with Gasteiger partial charge in [0.25, 0.3) is 11.8 Å². The van der Waals surface area contributed by atoms with Crippen LogP contribution in [0.4, 0.5) is 22.7 Å². The van der Waals surface area contributed by atoms with Crippen LogP contribution in [0.15, 0.2) is 58.8 Å². The van der Waals surface area contributed by atoms with Crippen LogP contribution in [0.1, 0.15) is 25.7 Å². The van der Waals surface area contributed by atoms with E-state index in [0.29, 0.717) is 48.8 Å². The van der Waals surface area contributed by atoms with E-state index in [9.17, 15) is 9.59 Å². The maximum absolute atomic E-state index is 12.6. The van der Waals surface area contributed by atoms with Crippen molar-refractivity contribution in [2.45, 2.75) is 37.9 Å². The SMILES string of the molecule is O=C(Nc1cc(NC(=O)[C@H]2CCCO2)ccc1N=Nc1ccccc1)[C@@H]1CCCO1. The second kappa shape index (κ2) is 9.60. The first-order valence-corrected chi connectivity index (χ1v) is 10.1. The van der Waals surface area contributed by atoms with Crippen LogP contribution >= 0.6 is 0 Å². The molecule has 2 N–H and O–H groups in total. The molecule has 2 aliphatic rings. The Kier molecular flexibility index (Phi) is 6.46. The number of hydrogen-bond acceptors (Lipinski definition) is 6. The Hall–Kier alpha value is -3.10. The summed E-state index contributed by atoms with van der Waals surface area (Å²) in [6.45, 7) is 1.18. The first-order valence-electron chi connectivity index (χ1n) is 10.1. The van der Waals surface area contributed by atoms with E-state index < -0.39 is 12.2 Å². The lowest BCUT2D eigenvalue weighted by Crippen LogP contribution is -2.28. The summed E-state index contributed by atoms with van der Waals surface area (Å²) in [6.07, 6.45) is 2.21. The summed E-state index contributed by atoms with van der Waals surface area (Å²) in [7, 11) is 0. The monoisotopic (exact) mass is 408 g/mol. The van der Waals surface area contributed by atoms with E-state index in [1.165, 1.54) is 0 Å². The molecule has 0 aromatic heterocycles. The maximum atomic E-state index is 12.6. The van der Waals surface area contributed by atoms with Gasteiger partial charge in [0.1, 0.15) is 17.9 Å². The topological polar surface area (TPSA) is 101 Å². The lowest BCUT2D eigenvalue weighted by molar-refractivity contribution is -0.125. The van der Waals surface area contributed by atoms with Gasteiger partial charge in [0.2, 0.25) is 0 Å². The summed E-state index contributed by atoms with van der Waals surface area (Å²) in [5.41, 5.74) is 2.20. The Morgan fingerprint density at radius 3 is 2.13 bits per heavy atom. The van der Waals surface area contributed by atoms with E-state index in [0.717, 1.165) is 12.8 Å². The number of nitrogens with one attached hydrogen (secondary N) is 2. The molecule has 0 spiro atoms. The van der Waals surface area contributed by atoms with E-state index in [4.69, 9.17) is 9.47 Å². The van der Waals surface area contributed by atoms with Gasteiger partial charge in [-0.05, 0) is 56.0 Å². The highest BCUT2D eigenvalue weighted by Gasteiger charge is 2.25. The summed E-state index contributed by atoms with van der Waals surface area (Å²) in [5.74, 6) is -0.422. The van der Waals surface area contributed by atoms with E-state index in [1.807, 2.05) is 30.3 Å². The number of hydrogen-bond donors (Lipinski definition) is 2. The molecule has 0 aliphatic carbocycles. The van der Waals surface area contributed by atoms with Crippen LogP contribution < -0.4 is 10.6 Å². The summed E-state index contributed by atoms with van der Waals surface area (Å²) in [4.78, 5) is 24.9. The van der Waals surface area contributed by atoms with Crippen LogP contribution in [0, 0.1) is 0 Å². The lowest BCUT2D eigenvalue weighted by atomic mass is 10.2. The Balaban J connectivity index is 1.55. The van der Waals surface area contributed by atoms with Crippen LogP contribution in [0.5, 0.6) is 0 Å². The zero-order valence-electron chi connectivity index (χ0n) is 16.5. The van der Waals surface area contributed by atoms with Gasteiger partial charge in [-0.1, -0.05) is 18.2 Å². The van der Waals surface area contributed by atoms with Crippen molar-refractivity contribution in [2.24, 2.45) is 10.2 Å². The minimum atomic E-state index is -0.478. The van der Waals surface area contributed by atoms with Crippen LogP contribution in [0.2, 0.25) is 0 Å². The predicted octanol–water partition coefficient (Wildman–Crippen LogP) is 4.34. The van der Waals surface area contributed by atoms with Crippen molar-refractivity contribution in [1.29, 1.82) is 0 Å². The third-order valence-corrected chi connectivity index (χ3v) is 5.00. The molecule has 4 rings (SSSR count). The molecule has 0 saturated carbocycles. The fraction of sp³-hybridized carbons (Fsp3) is 0.364. The smallest absolute Gasteiger partial charge is 0.253 e. The second-order valence-corrected chi connectivity index (χ2v) is 7.25. The normalized spacial score (nSPS) is 21.1. The molecule has 2 heterocycles. The third-order valence-electron chi connectivity index (χ3n) is 5.00. The molecule has 0 radical (unpaired) electrons. The first-order chi connectivity index (χ1) is 14.7. The van der Waals surface area contributed by atoms with E-state index >= 15 is 0 Å². The van der Waals surface area contributed by atoms with Crippen LogP contribution in [0.25, 0.3) is 0 Å². The van der Waals surface area contributed by atoms with E-state index in [1.54, 1.807) is 18.2 Å². The average Bonchev–Trinajstić information content (AvgIpc) is 3.48. The average molecular weight is 408 g/mol. The van der Waals surface area contributed by atoms with Gasteiger partial charge in [0.05, 0.1) is 11.4 Å².